The van der Waals surface area contributed by atoms with Crippen LogP contribution in [0.4, 0.5) is 0 Å². The summed E-state index contributed by atoms with van der Waals surface area (Å²) in [6, 6.07) is -0.605. The van der Waals surface area contributed by atoms with Crippen LogP contribution >= 0.6 is 0 Å². The van der Waals surface area contributed by atoms with Crippen molar-refractivity contribution in [1.29, 1.82) is 0 Å². The lowest BCUT2D eigenvalue weighted by Gasteiger charge is -2.20. The second-order valence-corrected chi connectivity index (χ2v) is 6.51. The number of rotatable bonds is 4. The molecule has 1 amide bonds. The normalized spacial score (nSPS) is 14.3. The fourth-order valence-electron chi connectivity index (χ4n) is 1.83. The molecule has 3 N–H and O–H groups in total. The molecule has 122 valence electrons. The van der Waals surface area contributed by atoms with Crippen LogP contribution in [0, 0.1) is 12.8 Å². The lowest BCUT2D eigenvalue weighted by atomic mass is 9.95. The van der Waals surface area contributed by atoms with Crippen LogP contribution in [0.5, 0.6) is 0 Å². The minimum Gasteiger partial charge on any atom is -0.481 e. The van der Waals surface area contributed by atoms with Gasteiger partial charge in [0.15, 0.2) is 0 Å². The molecule has 22 heavy (non-hydrogen) atoms. The zero-order chi connectivity index (χ0) is 17.2. The molecule has 0 aliphatic carbocycles. The highest BCUT2D eigenvalue weighted by molar-refractivity contribution is 5.95. The lowest BCUT2D eigenvalue weighted by molar-refractivity contribution is -0.141. The molecule has 2 unspecified atom stereocenters. The van der Waals surface area contributed by atoms with Crippen molar-refractivity contribution in [2.75, 3.05) is 0 Å². The Morgan fingerprint density at radius 1 is 1.27 bits per heavy atom. The Labute approximate surface area is 129 Å². The second-order valence-electron chi connectivity index (χ2n) is 6.51. The molecule has 0 saturated carbocycles. The predicted octanol–water partition coefficient (Wildman–Crippen LogP) is 1.21. The van der Waals surface area contributed by atoms with Crippen molar-refractivity contribution in [3.8, 4) is 0 Å². The molecule has 1 heterocycles. The SMILES string of the molecule is Cc1nc(C(C)(C)C)[nH]c(=O)c1C(=O)NC(C)C(C)C(=O)O. The summed E-state index contributed by atoms with van der Waals surface area (Å²) in [5, 5.41) is 11.5. The van der Waals surface area contributed by atoms with Crippen molar-refractivity contribution in [3.05, 3.63) is 27.4 Å². The molecular weight excluding hydrogens is 286 g/mol. The quantitative estimate of drug-likeness (QED) is 0.774. The average molecular weight is 309 g/mol. The predicted molar refractivity (Wildman–Crippen MR) is 82.0 cm³/mol. The third-order valence-corrected chi connectivity index (χ3v) is 3.54. The van der Waals surface area contributed by atoms with Crippen molar-refractivity contribution >= 4 is 11.9 Å². The van der Waals surface area contributed by atoms with Crippen LogP contribution in [0.3, 0.4) is 0 Å². The summed E-state index contributed by atoms with van der Waals surface area (Å²) in [6.07, 6.45) is 0. The molecule has 1 rings (SSSR count). The molecule has 0 aliphatic rings. The molecule has 1 aromatic heterocycles. The Balaban J connectivity index is 3.10. The number of carboxylic acids is 1. The van der Waals surface area contributed by atoms with E-state index in [4.69, 9.17) is 5.11 Å². The number of aliphatic carboxylic acids is 1. The largest absolute Gasteiger partial charge is 0.481 e. The summed E-state index contributed by atoms with van der Waals surface area (Å²) < 4.78 is 0. The Morgan fingerprint density at radius 3 is 2.23 bits per heavy atom. The number of hydrogen-bond acceptors (Lipinski definition) is 4. The number of nitrogens with one attached hydrogen (secondary N) is 2. The van der Waals surface area contributed by atoms with E-state index in [-0.39, 0.29) is 11.0 Å². The zero-order valence-electron chi connectivity index (χ0n) is 13.8. The smallest absolute Gasteiger partial charge is 0.308 e. The van der Waals surface area contributed by atoms with Crippen LogP contribution in [-0.2, 0) is 10.2 Å². The number of aromatic amines is 1. The van der Waals surface area contributed by atoms with E-state index in [0.29, 0.717) is 11.5 Å². The summed E-state index contributed by atoms with van der Waals surface area (Å²) in [6.45, 7) is 10.4. The van der Waals surface area contributed by atoms with Crippen molar-refractivity contribution in [2.24, 2.45) is 5.92 Å². The molecule has 0 aromatic carbocycles. The van der Waals surface area contributed by atoms with Crippen molar-refractivity contribution < 1.29 is 14.7 Å². The van der Waals surface area contributed by atoms with Gasteiger partial charge in [0, 0.05) is 11.5 Å². The maximum atomic E-state index is 12.2. The van der Waals surface area contributed by atoms with Crippen LogP contribution in [0.25, 0.3) is 0 Å². The highest BCUT2D eigenvalue weighted by Crippen LogP contribution is 2.17. The maximum Gasteiger partial charge on any atom is 0.308 e. The topological polar surface area (TPSA) is 112 Å². The molecule has 0 radical (unpaired) electrons. The summed E-state index contributed by atoms with van der Waals surface area (Å²) in [4.78, 5) is 42.2. The maximum absolute atomic E-state index is 12.2. The third kappa shape index (κ3) is 3.93. The van der Waals surface area contributed by atoms with Crippen LogP contribution in [0.15, 0.2) is 4.79 Å². The number of H-pyrrole nitrogens is 1. The van der Waals surface area contributed by atoms with Crippen molar-refractivity contribution in [2.45, 2.75) is 53.0 Å². The first kappa shape index (κ1) is 17.9. The number of aryl methyl sites for hydroxylation is 1. The summed E-state index contributed by atoms with van der Waals surface area (Å²) in [5.74, 6) is -1.89. The van der Waals surface area contributed by atoms with E-state index < -0.39 is 29.4 Å². The Kier molecular flexibility index (Phi) is 5.11. The number of carboxylic acid groups (broad SMARTS) is 1. The van der Waals surface area contributed by atoms with Crippen molar-refractivity contribution in [3.63, 3.8) is 0 Å². The number of amides is 1. The van der Waals surface area contributed by atoms with E-state index in [1.807, 2.05) is 20.8 Å². The van der Waals surface area contributed by atoms with Crippen molar-refractivity contribution in [1.82, 2.24) is 15.3 Å². The van der Waals surface area contributed by atoms with E-state index in [0.717, 1.165) is 0 Å². The van der Waals surface area contributed by atoms with Gasteiger partial charge in [0.25, 0.3) is 11.5 Å². The monoisotopic (exact) mass is 309 g/mol. The first-order valence-electron chi connectivity index (χ1n) is 7.10. The van der Waals surface area contributed by atoms with Gasteiger partial charge in [-0.25, -0.2) is 4.98 Å². The zero-order valence-corrected chi connectivity index (χ0v) is 13.8. The van der Waals surface area contributed by atoms with E-state index >= 15 is 0 Å². The standard InChI is InChI=1S/C15H23N3O4/c1-7(13(21)22)8(2)16-11(19)10-9(3)17-14(15(4,5)6)18-12(10)20/h7-8H,1-6H3,(H,16,19)(H,21,22)(H,17,18,20). The number of hydrogen-bond donors (Lipinski definition) is 3. The molecule has 7 heteroatoms. The molecule has 0 bridgehead atoms. The molecule has 0 aliphatic heterocycles. The molecule has 7 nitrogen and oxygen atoms in total. The van der Waals surface area contributed by atoms with Crippen LogP contribution in [0.1, 0.15) is 56.5 Å². The van der Waals surface area contributed by atoms with E-state index in [2.05, 4.69) is 15.3 Å². The Bertz CT molecular complexity index is 643. The lowest BCUT2D eigenvalue weighted by Crippen LogP contribution is -2.42. The number of nitrogens with zero attached hydrogens (tertiary/aromatic N) is 1. The minimum atomic E-state index is -1.01. The van der Waals surface area contributed by atoms with Gasteiger partial charge in [-0.15, -0.1) is 0 Å². The Morgan fingerprint density at radius 2 is 1.82 bits per heavy atom. The highest BCUT2D eigenvalue weighted by atomic mass is 16.4. The Hall–Kier alpha value is -2.18. The molecule has 0 spiro atoms. The van der Waals surface area contributed by atoms with Gasteiger partial charge in [0.05, 0.1) is 11.6 Å². The molecular formula is C15H23N3O4. The molecule has 1 aromatic rings. The average Bonchev–Trinajstić information content (AvgIpc) is 2.35. The van der Waals surface area contributed by atoms with Crippen LogP contribution in [0.2, 0.25) is 0 Å². The van der Waals surface area contributed by atoms with E-state index in [1.54, 1.807) is 13.8 Å². The van der Waals surface area contributed by atoms with E-state index in [1.165, 1.54) is 6.92 Å². The van der Waals surface area contributed by atoms with Gasteiger partial charge in [-0.2, -0.15) is 0 Å². The number of carbonyl (C=O) groups excluding carboxylic acids is 1. The van der Waals surface area contributed by atoms with Gasteiger partial charge in [-0.1, -0.05) is 20.8 Å². The van der Waals surface area contributed by atoms with Crippen LogP contribution in [-0.4, -0.2) is 33.0 Å². The first-order chi connectivity index (χ1) is 9.95. The number of aromatic nitrogens is 2. The fraction of sp³-hybridized carbons (Fsp3) is 0.600. The van der Waals surface area contributed by atoms with Crippen LogP contribution < -0.4 is 10.9 Å². The van der Waals surface area contributed by atoms with Gasteiger partial charge < -0.3 is 15.4 Å². The second kappa shape index (κ2) is 6.29. The number of carbonyl (C=O) groups is 2. The summed E-state index contributed by atoms with van der Waals surface area (Å²) in [5.41, 5.74) is -0.631. The molecule has 0 fully saturated rings. The van der Waals surface area contributed by atoms with Gasteiger partial charge in [-0.05, 0) is 20.8 Å². The summed E-state index contributed by atoms with van der Waals surface area (Å²) >= 11 is 0. The third-order valence-electron chi connectivity index (χ3n) is 3.54. The summed E-state index contributed by atoms with van der Waals surface area (Å²) in [7, 11) is 0. The minimum absolute atomic E-state index is 0.0857. The van der Waals surface area contributed by atoms with Gasteiger partial charge >= 0.3 is 5.97 Å². The van der Waals surface area contributed by atoms with Gasteiger partial charge in [0.1, 0.15) is 11.4 Å². The molecule has 0 saturated heterocycles. The molecule has 2 atom stereocenters. The fourth-order valence-corrected chi connectivity index (χ4v) is 1.83. The van der Waals surface area contributed by atoms with E-state index in [9.17, 15) is 14.4 Å². The first-order valence-corrected chi connectivity index (χ1v) is 7.10. The highest BCUT2D eigenvalue weighted by Gasteiger charge is 2.25. The van der Waals surface area contributed by atoms with Gasteiger partial charge in [0.2, 0.25) is 0 Å². The van der Waals surface area contributed by atoms with Gasteiger partial charge in [-0.3, -0.25) is 14.4 Å².